The smallest absolute Gasteiger partial charge is 0.377 e. The highest BCUT2D eigenvalue weighted by molar-refractivity contribution is 5.83. The van der Waals surface area contributed by atoms with Crippen LogP contribution in [0.15, 0.2) is 10.7 Å². The van der Waals surface area contributed by atoms with Gasteiger partial charge < -0.3 is 9.63 Å². The highest BCUT2D eigenvalue weighted by atomic mass is 16.5. The van der Waals surface area contributed by atoms with Crippen LogP contribution in [0.2, 0.25) is 0 Å². The lowest BCUT2D eigenvalue weighted by atomic mass is 10.2. The molecule has 0 bridgehead atoms. The SMILES string of the molecule is CCc1nn(C)cc1-c1nc(C(=O)O)no1. The van der Waals surface area contributed by atoms with Gasteiger partial charge in [-0.15, -0.1) is 0 Å². The van der Waals surface area contributed by atoms with E-state index in [0.29, 0.717) is 12.0 Å². The zero-order valence-corrected chi connectivity index (χ0v) is 8.84. The van der Waals surface area contributed by atoms with Crippen LogP contribution in [0.5, 0.6) is 0 Å². The van der Waals surface area contributed by atoms with Gasteiger partial charge in [-0.25, -0.2) is 4.79 Å². The Morgan fingerprint density at radius 3 is 2.94 bits per heavy atom. The van der Waals surface area contributed by atoms with Gasteiger partial charge in [0, 0.05) is 13.2 Å². The van der Waals surface area contributed by atoms with Crippen LogP contribution in [-0.2, 0) is 13.5 Å². The number of aryl methyl sites for hydroxylation is 2. The van der Waals surface area contributed by atoms with Crippen LogP contribution in [0.25, 0.3) is 11.5 Å². The van der Waals surface area contributed by atoms with Crippen LogP contribution >= 0.6 is 0 Å². The third kappa shape index (κ3) is 1.67. The molecule has 0 unspecified atom stereocenters. The van der Waals surface area contributed by atoms with Crippen molar-refractivity contribution in [2.45, 2.75) is 13.3 Å². The molecule has 0 spiro atoms. The Hall–Kier alpha value is -2.18. The Bertz CT molecular complexity index is 529. The van der Waals surface area contributed by atoms with Gasteiger partial charge in [0.2, 0.25) is 0 Å². The molecular formula is C9H10N4O3. The first kappa shape index (κ1) is 10.3. The van der Waals surface area contributed by atoms with Gasteiger partial charge in [0.05, 0.1) is 11.3 Å². The first-order valence-electron chi connectivity index (χ1n) is 4.71. The summed E-state index contributed by atoms with van der Waals surface area (Å²) in [5.74, 6) is -1.37. The first-order valence-corrected chi connectivity index (χ1v) is 4.71. The zero-order chi connectivity index (χ0) is 11.7. The minimum Gasteiger partial charge on any atom is -0.475 e. The van der Waals surface area contributed by atoms with Crippen LogP contribution in [0.4, 0.5) is 0 Å². The molecule has 16 heavy (non-hydrogen) atoms. The molecule has 84 valence electrons. The van der Waals surface area contributed by atoms with Crippen LogP contribution in [-0.4, -0.2) is 31.0 Å². The number of aromatic nitrogens is 4. The maximum Gasteiger partial charge on any atom is 0.377 e. The Kier molecular flexibility index (Phi) is 2.43. The molecule has 7 nitrogen and oxygen atoms in total. The van der Waals surface area contributed by atoms with Crippen LogP contribution < -0.4 is 0 Å². The fraction of sp³-hybridized carbons (Fsp3) is 0.333. The molecule has 1 N–H and O–H groups in total. The van der Waals surface area contributed by atoms with Gasteiger partial charge in [-0.3, -0.25) is 4.68 Å². The first-order chi connectivity index (χ1) is 7.61. The molecule has 7 heteroatoms. The van der Waals surface area contributed by atoms with Crippen molar-refractivity contribution < 1.29 is 14.4 Å². The van der Waals surface area contributed by atoms with Crippen molar-refractivity contribution in [2.24, 2.45) is 7.05 Å². The number of nitrogens with zero attached hydrogens (tertiary/aromatic N) is 4. The minimum absolute atomic E-state index is 0.183. The number of carboxylic acids is 1. The van der Waals surface area contributed by atoms with Crippen LogP contribution in [0.3, 0.4) is 0 Å². The number of rotatable bonds is 3. The van der Waals surface area contributed by atoms with Gasteiger partial charge in [-0.2, -0.15) is 10.1 Å². The Labute approximate surface area is 90.7 Å². The molecule has 2 heterocycles. The van der Waals surface area contributed by atoms with Crippen LogP contribution in [0, 0.1) is 0 Å². The van der Waals surface area contributed by atoms with E-state index in [-0.39, 0.29) is 11.7 Å². The van der Waals surface area contributed by atoms with E-state index in [9.17, 15) is 4.79 Å². The molecule has 0 saturated heterocycles. The van der Waals surface area contributed by atoms with Gasteiger partial charge in [0.25, 0.3) is 11.7 Å². The molecular weight excluding hydrogens is 212 g/mol. The van der Waals surface area contributed by atoms with E-state index >= 15 is 0 Å². The summed E-state index contributed by atoms with van der Waals surface area (Å²) in [5.41, 5.74) is 1.47. The summed E-state index contributed by atoms with van der Waals surface area (Å²) in [6.07, 6.45) is 2.43. The zero-order valence-electron chi connectivity index (χ0n) is 8.84. The maximum atomic E-state index is 10.6. The minimum atomic E-state index is -1.21. The molecule has 0 aromatic carbocycles. The van der Waals surface area contributed by atoms with Crippen molar-refractivity contribution in [3.8, 4) is 11.5 Å². The number of hydrogen-bond donors (Lipinski definition) is 1. The third-order valence-electron chi connectivity index (χ3n) is 2.09. The summed E-state index contributed by atoms with van der Waals surface area (Å²) in [6, 6.07) is 0. The molecule has 2 aromatic heterocycles. The number of carboxylic acid groups (broad SMARTS) is 1. The second-order valence-electron chi connectivity index (χ2n) is 3.24. The normalized spacial score (nSPS) is 10.6. The summed E-state index contributed by atoms with van der Waals surface area (Å²) < 4.78 is 6.50. The molecule has 0 saturated carbocycles. The highest BCUT2D eigenvalue weighted by Gasteiger charge is 2.18. The molecule has 0 aliphatic rings. The van der Waals surface area contributed by atoms with Gasteiger partial charge >= 0.3 is 5.97 Å². The average molecular weight is 222 g/mol. The molecule has 0 aliphatic heterocycles. The number of carbonyl (C=O) groups is 1. The average Bonchev–Trinajstić information content (AvgIpc) is 2.82. The summed E-state index contributed by atoms with van der Waals surface area (Å²) in [4.78, 5) is 14.4. The summed E-state index contributed by atoms with van der Waals surface area (Å²) in [6.45, 7) is 1.94. The van der Waals surface area contributed by atoms with Crippen molar-refractivity contribution in [1.82, 2.24) is 19.9 Å². The monoisotopic (exact) mass is 222 g/mol. The number of aromatic carboxylic acids is 1. The van der Waals surface area contributed by atoms with Gasteiger partial charge in [0.1, 0.15) is 0 Å². The lowest BCUT2D eigenvalue weighted by molar-refractivity contribution is 0.0680. The molecule has 0 atom stereocenters. The van der Waals surface area contributed by atoms with Crippen molar-refractivity contribution in [3.63, 3.8) is 0 Å². The maximum absolute atomic E-state index is 10.6. The second kappa shape index (κ2) is 3.76. The molecule has 0 radical (unpaired) electrons. The summed E-state index contributed by atoms with van der Waals surface area (Å²) in [7, 11) is 1.77. The molecule has 2 aromatic rings. The Morgan fingerprint density at radius 1 is 1.62 bits per heavy atom. The van der Waals surface area contributed by atoms with E-state index in [1.54, 1.807) is 17.9 Å². The third-order valence-corrected chi connectivity index (χ3v) is 2.09. The van der Waals surface area contributed by atoms with Crippen molar-refractivity contribution in [1.29, 1.82) is 0 Å². The van der Waals surface area contributed by atoms with E-state index in [0.717, 1.165) is 5.69 Å². The van der Waals surface area contributed by atoms with Crippen molar-refractivity contribution in [2.75, 3.05) is 0 Å². The standard InChI is InChI=1S/C9H10N4O3/c1-3-6-5(4-13(2)11-6)8-10-7(9(14)15)12-16-8/h4H,3H2,1-2H3,(H,14,15). The largest absolute Gasteiger partial charge is 0.475 e. The summed E-state index contributed by atoms with van der Waals surface area (Å²) in [5, 5.41) is 16.2. The van der Waals surface area contributed by atoms with Gasteiger partial charge in [-0.1, -0.05) is 6.92 Å². The summed E-state index contributed by atoms with van der Waals surface area (Å²) >= 11 is 0. The topological polar surface area (TPSA) is 94.0 Å². The van der Waals surface area contributed by atoms with E-state index in [4.69, 9.17) is 9.63 Å². The van der Waals surface area contributed by atoms with Crippen molar-refractivity contribution >= 4 is 5.97 Å². The molecule has 0 fully saturated rings. The van der Waals surface area contributed by atoms with E-state index in [2.05, 4.69) is 15.2 Å². The van der Waals surface area contributed by atoms with Crippen molar-refractivity contribution in [3.05, 3.63) is 17.7 Å². The molecule has 0 aliphatic carbocycles. The number of hydrogen-bond acceptors (Lipinski definition) is 5. The van der Waals surface area contributed by atoms with E-state index in [1.807, 2.05) is 6.92 Å². The van der Waals surface area contributed by atoms with E-state index in [1.165, 1.54) is 0 Å². The van der Waals surface area contributed by atoms with E-state index < -0.39 is 5.97 Å². The highest BCUT2D eigenvalue weighted by Crippen LogP contribution is 2.21. The van der Waals surface area contributed by atoms with Gasteiger partial charge in [-0.05, 0) is 11.6 Å². The quantitative estimate of drug-likeness (QED) is 0.822. The molecule has 2 rings (SSSR count). The predicted molar refractivity (Wildman–Crippen MR) is 52.8 cm³/mol. The lowest BCUT2D eigenvalue weighted by Gasteiger charge is -1.90. The predicted octanol–water partition coefficient (Wildman–Crippen LogP) is 0.731. The van der Waals surface area contributed by atoms with Crippen LogP contribution in [0.1, 0.15) is 23.2 Å². The second-order valence-corrected chi connectivity index (χ2v) is 3.24. The molecule has 0 amide bonds. The van der Waals surface area contributed by atoms with Gasteiger partial charge in [0.15, 0.2) is 0 Å². The Morgan fingerprint density at radius 2 is 2.38 bits per heavy atom. The fourth-order valence-corrected chi connectivity index (χ4v) is 1.39. The lowest BCUT2D eigenvalue weighted by Crippen LogP contribution is -1.98. The Balaban J connectivity index is 2.45. The fourth-order valence-electron chi connectivity index (χ4n) is 1.39.